The Balaban J connectivity index is 2.54. The van der Waals surface area contributed by atoms with Crippen LogP contribution in [0.5, 0.6) is 0 Å². The van der Waals surface area contributed by atoms with Crippen LogP contribution in [0.1, 0.15) is 23.0 Å². The van der Waals surface area contributed by atoms with Crippen molar-refractivity contribution in [2.75, 3.05) is 26.2 Å². The fourth-order valence-corrected chi connectivity index (χ4v) is 2.45. The summed E-state index contributed by atoms with van der Waals surface area (Å²) in [6.07, 6.45) is 0.971. The minimum atomic E-state index is 0.0683. The predicted octanol–water partition coefficient (Wildman–Crippen LogP) is 2.29. The van der Waals surface area contributed by atoms with Crippen LogP contribution in [-0.2, 0) is 0 Å². The number of nitrogens with zero attached hydrogens (tertiary/aromatic N) is 1. The second-order valence-electron chi connectivity index (χ2n) is 3.53. The highest BCUT2D eigenvalue weighted by atomic mass is 35.5. The molecule has 3 nitrogen and oxygen atoms in total. The molecule has 0 aliphatic carbocycles. The highest BCUT2D eigenvalue weighted by Crippen LogP contribution is 2.21. The van der Waals surface area contributed by atoms with Crippen LogP contribution < -0.4 is 0 Å². The Labute approximate surface area is 105 Å². The summed E-state index contributed by atoms with van der Waals surface area (Å²) in [4.78, 5) is 14.5. The van der Waals surface area contributed by atoms with Crippen molar-refractivity contribution < 1.29 is 9.90 Å². The lowest BCUT2D eigenvalue weighted by Gasteiger charge is -2.18. The number of aliphatic hydroxyl groups excluding tert-OH is 1. The van der Waals surface area contributed by atoms with Crippen LogP contribution in [0.15, 0.2) is 12.1 Å². The van der Waals surface area contributed by atoms with Gasteiger partial charge in [-0.05, 0) is 25.1 Å². The third-order valence-electron chi connectivity index (χ3n) is 2.17. The zero-order valence-electron chi connectivity index (χ0n) is 9.28. The number of carbonyl (C=O) groups is 1. The molecule has 0 aromatic carbocycles. The highest BCUT2D eigenvalue weighted by molar-refractivity contribution is 7.18. The van der Waals surface area contributed by atoms with Crippen LogP contribution in [0, 0.1) is 0 Å². The number of hydrogen-bond donors (Lipinski definition) is 1. The van der Waals surface area contributed by atoms with E-state index in [0.29, 0.717) is 22.3 Å². The molecule has 0 bridgehead atoms. The molecule has 1 aromatic rings. The summed E-state index contributed by atoms with van der Waals surface area (Å²) in [5, 5.41) is 8.88. The molecular weight excluding hydrogens is 246 g/mol. The van der Waals surface area contributed by atoms with Crippen molar-refractivity contribution >= 4 is 28.7 Å². The van der Waals surface area contributed by atoms with Gasteiger partial charge in [-0.25, -0.2) is 0 Å². The van der Waals surface area contributed by atoms with Gasteiger partial charge in [-0.3, -0.25) is 9.69 Å². The quantitative estimate of drug-likeness (QED) is 0.766. The molecule has 0 saturated carbocycles. The molecule has 90 valence electrons. The van der Waals surface area contributed by atoms with Gasteiger partial charge in [-0.1, -0.05) is 18.5 Å². The first kappa shape index (κ1) is 13.6. The van der Waals surface area contributed by atoms with E-state index in [4.69, 9.17) is 16.7 Å². The Morgan fingerprint density at radius 2 is 2.25 bits per heavy atom. The Bertz CT molecular complexity index is 334. The van der Waals surface area contributed by atoms with Gasteiger partial charge >= 0.3 is 0 Å². The maximum atomic E-state index is 11.8. The molecule has 1 aromatic heterocycles. The summed E-state index contributed by atoms with van der Waals surface area (Å²) in [5.41, 5.74) is 0. The Morgan fingerprint density at radius 1 is 1.50 bits per heavy atom. The Morgan fingerprint density at radius 3 is 2.75 bits per heavy atom. The van der Waals surface area contributed by atoms with E-state index in [-0.39, 0.29) is 12.4 Å². The third kappa shape index (κ3) is 4.22. The van der Waals surface area contributed by atoms with Crippen LogP contribution in [0.4, 0.5) is 0 Å². The summed E-state index contributed by atoms with van der Waals surface area (Å²) in [7, 11) is 0. The van der Waals surface area contributed by atoms with Gasteiger partial charge < -0.3 is 5.11 Å². The molecule has 0 unspecified atom stereocenters. The molecule has 0 radical (unpaired) electrons. The number of rotatable bonds is 7. The van der Waals surface area contributed by atoms with Gasteiger partial charge in [-0.2, -0.15) is 0 Å². The van der Waals surface area contributed by atoms with Crippen LogP contribution in [0.25, 0.3) is 0 Å². The topological polar surface area (TPSA) is 40.5 Å². The van der Waals surface area contributed by atoms with E-state index < -0.39 is 0 Å². The van der Waals surface area contributed by atoms with Gasteiger partial charge in [0.1, 0.15) is 0 Å². The van der Waals surface area contributed by atoms with Crippen molar-refractivity contribution in [1.82, 2.24) is 4.90 Å². The normalized spacial score (nSPS) is 11.0. The smallest absolute Gasteiger partial charge is 0.186 e. The first-order chi connectivity index (χ1) is 7.67. The molecule has 0 spiro atoms. The number of ketones is 1. The third-order valence-corrected chi connectivity index (χ3v) is 3.44. The van der Waals surface area contributed by atoms with Crippen molar-refractivity contribution in [1.29, 1.82) is 0 Å². The molecule has 1 N–H and O–H groups in total. The number of aliphatic hydroxyl groups is 1. The number of carbonyl (C=O) groups excluding carboxylic acids is 1. The number of thiophene rings is 1. The average molecular weight is 262 g/mol. The average Bonchev–Trinajstić information content (AvgIpc) is 2.65. The zero-order valence-corrected chi connectivity index (χ0v) is 10.9. The van der Waals surface area contributed by atoms with E-state index in [1.807, 2.05) is 4.90 Å². The van der Waals surface area contributed by atoms with E-state index >= 15 is 0 Å². The maximum Gasteiger partial charge on any atom is 0.186 e. The lowest BCUT2D eigenvalue weighted by atomic mass is 10.3. The summed E-state index contributed by atoms with van der Waals surface area (Å²) in [5.74, 6) is 0.0683. The number of Topliss-reactive ketones (excluding diaryl/α,β-unsaturated/α-hetero) is 1. The zero-order chi connectivity index (χ0) is 12.0. The van der Waals surface area contributed by atoms with E-state index in [1.54, 1.807) is 12.1 Å². The van der Waals surface area contributed by atoms with E-state index in [0.717, 1.165) is 13.0 Å². The first-order valence-corrected chi connectivity index (χ1v) is 6.48. The molecular formula is C11H16ClNO2S. The summed E-state index contributed by atoms with van der Waals surface area (Å²) >= 11 is 7.08. The molecule has 16 heavy (non-hydrogen) atoms. The van der Waals surface area contributed by atoms with Crippen molar-refractivity contribution in [2.45, 2.75) is 13.3 Å². The van der Waals surface area contributed by atoms with Gasteiger partial charge in [0.25, 0.3) is 0 Å². The molecule has 5 heteroatoms. The molecule has 0 aliphatic heterocycles. The molecule has 0 aliphatic rings. The fraction of sp³-hybridized carbons (Fsp3) is 0.545. The Kier molecular flexibility index (Phi) is 5.98. The van der Waals surface area contributed by atoms with Gasteiger partial charge in [0.2, 0.25) is 0 Å². The second kappa shape index (κ2) is 7.01. The fourth-order valence-electron chi connectivity index (χ4n) is 1.47. The minimum Gasteiger partial charge on any atom is -0.395 e. The molecule has 0 atom stereocenters. The summed E-state index contributed by atoms with van der Waals surface area (Å²) < 4.78 is 0.632. The van der Waals surface area contributed by atoms with Gasteiger partial charge in [0, 0.05) is 6.54 Å². The van der Waals surface area contributed by atoms with Crippen molar-refractivity contribution in [3.05, 3.63) is 21.3 Å². The van der Waals surface area contributed by atoms with Crippen molar-refractivity contribution in [3.63, 3.8) is 0 Å². The van der Waals surface area contributed by atoms with Crippen molar-refractivity contribution in [2.24, 2.45) is 0 Å². The lowest BCUT2D eigenvalue weighted by Crippen LogP contribution is -2.32. The molecule has 1 rings (SSSR count). The van der Waals surface area contributed by atoms with E-state index in [1.165, 1.54) is 11.3 Å². The van der Waals surface area contributed by atoms with Crippen LogP contribution in [-0.4, -0.2) is 42.0 Å². The molecule has 1 heterocycles. The monoisotopic (exact) mass is 261 g/mol. The minimum absolute atomic E-state index is 0.0683. The summed E-state index contributed by atoms with van der Waals surface area (Å²) in [6, 6.07) is 3.48. The standard InChI is InChI=1S/C11H16ClNO2S/c1-2-5-13(6-7-14)8-9(15)10-3-4-11(12)16-10/h3-4,14H,2,5-8H2,1H3. The van der Waals surface area contributed by atoms with Gasteiger partial charge in [0.05, 0.1) is 22.4 Å². The Hall–Kier alpha value is -0.420. The largest absolute Gasteiger partial charge is 0.395 e. The van der Waals surface area contributed by atoms with Gasteiger partial charge in [-0.15, -0.1) is 11.3 Å². The molecule has 0 saturated heterocycles. The molecule has 0 fully saturated rings. The maximum absolute atomic E-state index is 11.8. The van der Waals surface area contributed by atoms with Crippen LogP contribution >= 0.6 is 22.9 Å². The first-order valence-electron chi connectivity index (χ1n) is 5.29. The summed E-state index contributed by atoms with van der Waals surface area (Å²) in [6.45, 7) is 3.85. The van der Waals surface area contributed by atoms with E-state index in [2.05, 4.69) is 6.92 Å². The van der Waals surface area contributed by atoms with Crippen molar-refractivity contribution in [3.8, 4) is 0 Å². The number of hydrogen-bond acceptors (Lipinski definition) is 4. The number of halogens is 1. The van der Waals surface area contributed by atoms with E-state index in [9.17, 15) is 4.79 Å². The predicted molar refractivity (Wildman–Crippen MR) is 67.5 cm³/mol. The van der Waals surface area contributed by atoms with Crippen LogP contribution in [0.2, 0.25) is 4.34 Å². The second-order valence-corrected chi connectivity index (χ2v) is 5.24. The van der Waals surface area contributed by atoms with Gasteiger partial charge in [0.15, 0.2) is 5.78 Å². The lowest BCUT2D eigenvalue weighted by molar-refractivity contribution is 0.0919. The highest BCUT2D eigenvalue weighted by Gasteiger charge is 2.13. The SMILES string of the molecule is CCCN(CCO)CC(=O)c1ccc(Cl)s1. The van der Waals surface area contributed by atoms with Crippen LogP contribution in [0.3, 0.4) is 0 Å². The molecule has 0 amide bonds.